The van der Waals surface area contributed by atoms with Gasteiger partial charge in [-0.15, -0.1) is 0 Å². The summed E-state index contributed by atoms with van der Waals surface area (Å²) in [6, 6.07) is 4.72. The summed E-state index contributed by atoms with van der Waals surface area (Å²) in [4.78, 5) is 0. The molecule has 0 spiro atoms. The zero-order valence-corrected chi connectivity index (χ0v) is 24.3. The van der Waals surface area contributed by atoms with Gasteiger partial charge in [-0.05, 0) is 24.8 Å². The van der Waals surface area contributed by atoms with Gasteiger partial charge in [-0.25, -0.2) is 4.57 Å². The van der Waals surface area contributed by atoms with Crippen molar-refractivity contribution >= 4 is 0 Å². The fourth-order valence-corrected chi connectivity index (χ4v) is 5.29. The lowest BCUT2D eigenvalue weighted by Gasteiger charge is -2.04. The maximum atomic E-state index is 2.39. The molecule has 0 bridgehead atoms. The van der Waals surface area contributed by atoms with Crippen LogP contribution in [0.1, 0.15) is 180 Å². The summed E-state index contributed by atoms with van der Waals surface area (Å²) in [5.74, 6) is 0. The van der Waals surface area contributed by atoms with Crippen LogP contribution in [0, 0.1) is 0 Å². The van der Waals surface area contributed by atoms with E-state index in [9.17, 15) is 0 Å². The van der Waals surface area contributed by atoms with Gasteiger partial charge in [0.25, 0.3) is 0 Å². The summed E-state index contributed by atoms with van der Waals surface area (Å²) in [5, 5.41) is 0. The number of nitrogens with zero attached hydrogens (tertiary/aromatic N) is 1. The van der Waals surface area contributed by atoms with Gasteiger partial charge in [0, 0.05) is 18.6 Å². The Hall–Kier alpha value is -0.850. The maximum absolute atomic E-state index is 2.39. The summed E-state index contributed by atoms with van der Waals surface area (Å²) < 4.78 is 2.39. The monoisotopic (exact) mass is 487 g/mol. The van der Waals surface area contributed by atoms with E-state index in [0.717, 1.165) is 0 Å². The highest BCUT2D eigenvalue weighted by Crippen LogP contribution is 2.14. The smallest absolute Gasteiger partial charge is 0.169 e. The predicted octanol–water partition coefficient (Wildman–Crippen LogP) is 11.3. The molecule has 0 N–H and O–H groups in total. The van der Waals surface area contributed by atoms with Crippen molar-refractivity contribution in [2.75, 3.05) is 0 Å². The maximum Gasteiger partial charge on any atom is 0.169 e. The number of hydrogen-bond acceptors (Lipinski definition) is 0. The first-order valence-electron chi connectivity index (χ1n) is 16.3. The van der Waals surface area contributed by atoms with Crippen molar-refractivity contribution in [2.24, 2.45) is 0 Å². The van der Waals surface area contributed by atoms with Gasteiger partial charge < -0.3 is 0 Å². The summed E-state index contributed by atoms with van der Waals surface area (Å²) in [5.41, 5.74) is 1.52. The van der Waals surface area contributed by atoms with Gasteiger partial charge in [0.05, 0.1) is 0 Å². The molecule has 1 heterocycles. The van der Waals surface area contributed by atoms with Gasteiger partial charge in [-0.3, -0.25) is 0 Å². The Balaban J connectivity index is 1.84. The van der Waals surface area contributed by atoms with E-state index in [2.05, 4.69) is 42.9 Å². The molecule has 1 aromatic rings. The standard InChI is InChI=1S/C34H64N/c1-3-5-7-9-11-13-14-15-16-17-18-19-21-23-25-27-31-35-32-29-34(30-33-35)28-26-24-22-20-12-10-8-6-4-2/h29-30,32-33H,3-28,31H2,1-2H3/q+1. The SMILES string of the molecule is CCCCCCCCCCCCCCCCCC[n+]1ccc(CCCCCCCCCCC)cc1. The number of aryl methyl sites for hydroxylation is 2. The molecule has 1 nitrogen and oxygen atoms in total. The molecule has 0 saturated heterocycles. The minimum Gasteiger partial charge on any atom is -0.205 e. The first kappa shape index (κ1) is 32.2. The molecule has 0 radical (unpaired) electrons. The Morgan fingerprint density at radius 2 is 0.714 bits per heavy atom. The van der Waals surface area contributed by atoms with Crippen LogP contribution in [0.3, 0.4) is 0 Å². The fourth-order valence-electron chi connectivity index (χ4n) is 5.29. The second-order valence-electron chi connectivity index (χ2n) is 11.3. The van der Waals surface area contributed by atoms with Crippen molar-refractivity contribution in [3.8, 4) is 0 Å². The average molecular weight is 487 g/mol. The molecule has 0 unspecified atom stereocenters. The van der Waals surface area contributed by atoms with Crippen molar-refractivity contribution in [1.29, 1.82) is 0 Å². The normalized spacial score (nSPS) is 11.4. The highest BCUT2D eigenvalue weighted by Gasteiger charge is 2.02. The Kier molecular flexibility index (Phi) is 24.1. The van der Waals surface area contributed by atoms with E-state index in [0.29, 0.717) is 0 Å². The highest BCUT2D eigenvalue weighted by molar-refractivity contribution is 5.07. The first-order valence-corrected chi connectivity index (χ1v) is 16.3. The lowest BCUT2D eigenvalue weighted by Crippen LogP contribution is -2.32. The molecule has 0 saturated carbocycles. The largest absolute Gasteiger partial charge is 0.205 e. The van der Waals surface area contributed by atoms with Crippen molar-refractivity contribution in [3.05, 3.63) is 30.1 Å². The van der Waals surface area contributed by atoms with Crippen molar-refractivity contribution in [3.63, 3.8) is 0 Å². The van der Waals surface area contributed by atoms with Crippen LogP contribution in [0.15, 0.2) is 24.5 Å². The molecule has 1 rings (SSSR count). The van der Waals surface area contributed by atoms with E-state index >= 15 is 0 Å². The zero-order valence-electron chi connectivity index (χ0n) is 24.3. The number of pyridine rings is 1. The van der Waals surface area contributed by atoms with E-state index in [1.165, 1.54) is 179 Å². The average Bonchev–Trinajstić information content (AvgIpc) is 2.88. The lowest BCUT2D eigenvalue weighted by molar-refractivity contribution is -0.697. The third kappa shape index (κ3) is 22.1. The molecule has 0 fully saturated rings. The van der Waals surface area contributed by atoms with E-state index in [1.54, 1.807) is 0 Å². The van der Waals surface area contributed by atoms with Gasteiger partial charge in [-0.1, -0.05) is 155 Å². The van der Waals surface area contributed by atoms with E-state index in [-0.39, 0.29) is 0 Å². The summed E-state index contributed by atoms with van der Waals surface area (Å²) >= 11 is 0. The molecule has 0 aliphatic rings. The molecular weight excluding hydrogens is 422 g/mol. The van der Waals surface area contributed by atoms with Crippen molar-refractivity contribution < 1.29 is 4.57 Å². The Morgan fingerprint density at radius 1 is 0.400 bits per heavy atom. The number of rotatable bonds is 27. The van der Waals surface area contributed by atoms with Crippen LogP contribution >= 0.6 is 0 Å². The van der Waals surface area contributed by atoms with Crippen molar-refractivity contribution in [1.82, 2.24) is 0 Å². The predicted molar refractivity (Wildman–Crippen MR) is 157 cm³/mol. The van der Waals surface area contributed by atoms with Gasteiger partial charge in [-0.2, -0.15) is 0 Å². The Labute approximate surface area is 221 Å². The summed E-state index contributed by atoms with van der Waals surface area (Å²) in [6.45, 7) is 5.79. The van der Waals surface area contributed by atoms with E-state index in [1.807, 2.05) is 0 Å². The quantitative estimate of drug-likeness (QED) is 0.0859. The molecule has 0 aliphatic carbocycles. The van der Waals surface area contributed by atoms with Crippen LogP contribution in [0.4, 0.5) is 0 Å². The van der Waals surface area contributed by atoms with Gasteiger partial charge >= 0.3 is 0 Å². The first-order chi connectivity index (χ1) is 17.4. The third-order valence-corrected chi connectivity index (χ3v) is 7.80. The Bertz CT molecular complexity index is 520. The topological polar surface area (TPSA) is 3.88 Å². The molecule has 0 aliphatic heterocycles. The van der Waals surface area contributed by atoms with E-state index in [4.69, 9.17) is 0 Å². The fraction of sp³-hybridized carbons (Fsp3) is 0.853. The highest BCUT2D eigenvalue weighted by atomic mass is 14.9. The second-order valence-corrected chi connectivity index (χ2v) is 11.3. The van der Waals surface area contributed by atoms with E-state index < -0.39 is 0 Å². The minimum atomic E-state index is 1.19. The molecule has 204 valence electrons. The molecule has 35 heavy (non-hydrogen) atoms. The molecule has 0 aromatic carbocycles. The van der Waals surface area contributed by atoms with Crippen LogP contribution in [0.5, 0.6) is 0 Å². The van der Waals surface area contributed by atoms with Crippen LogP contribution < -0.4 is 4.57 Å². The number of unbranched alkanes of at least 4 members (excludes halogenated alkanes) is 23. The molecule has 1 aromatic heterocycles. The molecule has 1 heteroatoms. The number of aromatic nitrogens is 1. The molecule has 0 amide bonds. The zero-order chi connectivity index (χ0) is 25.1. The van der Waals surface area contributed by atoms with Crippen molar-refractivity contribution in [2.45, 2.75) is 187 Å². The minimum absolute atomic E-state index is 1.19. The second kappa shape index (κ2) is 26.2. The van der Waals surface area contributed by atoms with Crippen LogP contribution in [0.25, 0.3) is 0 Å². The summed E-state index contributed by atoms with van der Waals surface area (Å²) in [7, 11) is 0. The Morgan fingerprint density at radius 3 is 1.09 bits per heavy atom. The summed E-state index contributed by atoms with van der Waals surface area (Å²) in [6.07, 6.45) is 41.7. The third-order valence-electron chi connectivity index (χ3n) is 7.80. The van der Waals surface area contributed by atoms with Gasteiger partial charge in [0.2, 0.25) is 0 Å². The van der Waals surface area contributed by atoms with Crippen LogP contribution in [0.2, 0.25) is 0 Å². The van der Waals surface area contributed by atoms with Gasteiger partial charge in [0.15, 0.2) is 12.4 Å². The number of hydrogen-bond donors (Lipinski definition) is 0. The van der Waals surface area contributed by atoms with Crippen LogP contribution in [-0.2, 0) is 13.0 Å². The van der Waals surface area contributed by atoms with Crippen LogP contribution in [-0.4, -0.2) is 0 Å². The lowest BCUT2D eigenvalue weighted by atomic mass is 10.0. The molecule has 0 atom stereocenters. The van der Waals surface area contributed by atoms with Gasteiger partial charge in [0.1, 0.15) is 6.54 Å². The molecular formula is C34H64N+.